The molecule has 1 nitrogen and oxygen atoms in total. The van der Waals surface area contributed by atoms with Gasteiger partial charge in [-0.25, -0.2) is 0 Å². The maximum absolute atomic E-state index is 5.74. The summed E-state index contributed by atoms with van der Waals surface area (Å²) in [6.07, 6.45) is 3.47. The second-order valence-electron chi connectivity index (χ2n) is 2.71. The summed E-state index contributed by atoms with van der Waals surface area (Å²) in [5.74, 6) is 0.654. The molecule has 1 saturated carbocycles. The van der Waals surface area contributed by atoms with Crippen LogP contribution >= 0.6 is 0 Å². The number of nitrogen functional groups attached to an aromatic ring is 1. The molecule has 10 heavy (non-hydrogen) atoms. The molecule has 1 fully saturated rings. The molecule has 1 aromatic rings. The maximum atomic E-state index is 5.74. The molecule has 1 aromatic carbocycles. The Morgan fingerprint density at radius 3 is 2.60 bits per heavy atom. The van der Waals surface area contributed by atoms with E-state index in [4.69, 9.17) is 5.73 Å². The van der Waals surface area contributed by atoms with E-state index in [9.17, 15) is 0 Å². The van der Waals surface area contributed by atoms with Gasteiger partial charge in [-0.1, -0.05) is 18.2 Å². The van der Waals surface area contributed by atoms with Gasteiger partial charge in [0, 0.05) is 5.69 Å². The summed E-state index contributed by atoms with van der Waals surface area (Å²) in [5, 5.41) is 0. The average molecular weight is 132 g/mol. The largest absolute Gasteiger partial charge is 0.398 e. The molecule has 1 atom stereocenters. The lowest BCUT2D eigenvalue weighted by atomic mass is 10.1. The molecule has 1 aliphatic carbocycles. The summed E-state index contributed by atoms with van der Waals surface area (Å²) in [5.41, 5.74) is 7.97. The van der Waals surface area contributed by atoms with E-state index in [2.05, 4.69) is 12.5 Å². The zero-order valence-electron chi connectivity index (χ0n) is 5.75. The average Bonchev–Trinajstić information content (AvgIpc) is 2.71. The summed E-state index contributed by atoms with van der Waals surface area (Å²) in [7, 11) is 0. The molecule has 0 heterocycles. The molecular weight excluding hydrogens is 122 g/mol. The van der Waals surface area contributed by atoms with Gasteiger partial charge in [-0.2, -0.15) is 0 Å². The van der Waals surface area contributed by atoms with E-state index in [0.717, 1.165) is 5.69 Å². The van der Waals surface area contributed by atoms with Crippen molar-refractivity contribution in [1.29, 1.82) is 0 Å². The van der Waals surface area contributed by atoms with Gasteiger partial charge in [0.2, 0.25) is 0 Å². The Morgan fingerprint density at radius 2 is 2.00 bits per heavy atom. The first-order chi connectivity index (χ1) is 4.88. The Kier molecular flexibility index (Phi) is 1.16. The number of hydrogen-bond donors (Lipinski definition) is 1. The molecule has 2 rings (SSSR count). The lowest BCUT2D eigenvalue weighted by Crippen LogP contribution is -1.90. The number of nitrogens with two attached hydrogens (primary N) is 1. The molecule has 2 N–H and O–H groups in total. The molecule has 1 aliphatic rings. The Bertz CT molecular complexity index is 238. The summed E-state index contributed by atoms with van der Waals surface area (Å²) in [6.45, 7) is 0. The molecule has 1 radical (unpaired) electrons. The smallest absolute Gasteiger partial charge is 0.0349 e. The zero-order valence-corrected chi connectivity index (χ0v) is 5.75. The van der Waals surface area contributed by atoms with Crippen molar-refractivity contribution in [3.8, 4) is 0 Å². The van der Waals surface area contributed by atoms with Crippen molar-refractivity contribution in [2.45, 2.75) is 12.3 Å². The minimum atomic E-state index is 0.654. The van der Waals surface area contributed by atoms with E-state index in [-0.39, 0.29) is 0 Å². The summed E-state index contributed by atoms with van der Waals surface area (Å²) in [4.78, 5) is 0. The van der Waals surface area contributed by atoms with E-state index < -0.39 is 0 Å². The summed E-state index contributed by atoms with van der Waals surface area (Å²) in [6, 6.07) is 8.07. The van der Waals surface area contributed by atoms with Crippen LogP contribution in [0.1, 0.15) is 17.9 Å². The maximum Gasteiger partial charge on any atom is 0.0349 e. The first kappa shape index (κ1) is 5.78. The van der Waals surface area contributed by atoms with Crippen molar-refractivity contribution in [3.63, 3.8) is 0 Å². The predicted molar refractivity (Wildman–Crippen MR) is 42.5 cm³/mol. The van der Waals surface area contributed by atoms with Crippen molar-refractivity contribution in [1.82, 2.24) is 0 Å². The summed E-state index contributed by atoms with van der Waals surface area (Å²) >= 11 is 0. The molecule has 0 saturated heterocycles. The van der Waals surface area contributed by atoms with Crippen LogP contribution in [-0.2, 0) is 0 Å². The second-order valence-corrected chi connectivity index (χ2v) is 2.71. The number of hydrogen-bond acceptors (Lipinski definition) is 1. The quantitative estimate of drug-likeness (QED) is 0.581. The van der Waals surface area contributed by atoms with Crippen molar-refractivity contribution in [2.75, 3.05) is 5.73 Å². The standard InChI is InChI=1S/C9H10N/c10-9-4-2-1-3-8(9)7-5-6-7/h1-5,7H,6,10H2. The van der Waals surface area contributed by atoms with E-state index in [1.807, 2.05) is 18.2 Å². The fourth-order valence-electron chi connectivity index (χ4n) is 1.17. The van der Waals surface area contributed by atoms with Crippen molar-refractivity contribution >= 4 is 5.69 Å². The highest BCUT2D eigenvalue weighted by molar-refractivity contribution is 5.51. The highest BCUT2D eigenvalue weighted by Gasteiger charge is 2.25. The minimum Gasteiger partial charge on any atom is -0.398 e. The van der Waals surface area contributed by atoms with Crippen LogP contribution in [-0.4, -0.2) is 0 Å². The Labute approximate surface area is 60.9 Å². The molecule has 1 unspecified atom stereocenters. The van der Waals surface area contributed by atoms with E-state index in [1.54, 1.807) is 0 Å². The third-order valence-electron chi connectivity index (χ3n) is 1.87. The lowest BCUT2D eigenvalue weighted by molar-refractivity contribution is 1.17. The van der Waals surface area contributed by atoms with Crippen LogP contribution < -0.4 is 5.73 Å². The normalized spacial score (nSPS) is 17.2. The number of anilines is 1. The third kappa shape index (κ3) is 0.878. The van der Waals surface area contributed by atoms with E-state index in [0.29, 0.717) is 5.92 Å². The molecule has 0 amide bonds. The highest BCUT2D eigenvalue weighted by Crippen LogP contribution is 2.41. The van der Waals surface area contributed by atoms with Crippen LogP contribution in [0, 0.1) is 6.42 Å². The predicted octanol–water partition coefficient (Wildman–Crippen LogP) is 1.96. The minimum absolute atomic E-state index is 0.654. The fraction of sp³-hybridized carbons (Fsp3) is 0.222. The zero-order chi connectivity index (χ0) is 6.97. The molecule has 0 aliphatic heterocycles. The van der Waals surface area contributed by atoms with Crippen LogP contribution in [0.3, 0.4) is 0 Å². The van der Waals surface area contributed by atoms with Crippen LogP contribution in [0.5, 0.6) is 0 Å². The third-order valence-corrected chi connectivity index (χ3v) is 1.87. The Hall–Kier alpha value is -0.980. The van der Waals surface area contributed by atoms with Gasteiger partial charge in [0.1, 0.15) is 0 Å². The van der Waals surface area contributed by atoms with Gasteiger partial charge in [0.25, 0.3) is 0 Å². The van der Waals surface area contributed by atoms with E-state index in [1.165, 1.54) is 12.0 Å². The SMILES string of the molecule is Nc1ccccc1C1[CH]C1. The summed E-state index contributed by atoms with van der Waals surface area (Å²) < 4.78 is 0. The van der Waals surface area contributed by atoms with Crippen LogP contribution in [0.15, 0.2) is 24.3 Å². The van der Waals surface area contributed by atoms with Gasteiger partial charge in [-0.05, 0) is 30.4 Å². The van der Waals surface area contributed by atoms with Crippen LogP contribution in [0.2, 0.25) is 0 Å². The number of benzene rings is 1. The van der Waals surface area contributed by atoms with Gasteiger partial charge in [0.05, 0.1) is 0 Å². The van der Waals surface area contributed by atoms with E-state index >= 15 is 0 Å². The van der Waals surface area contributed by atoms with Crippen LogP contribution in [0.25, 0.3) is 0 Å². The Balaban J connectivity index is 2.39. The van der Waals surface area contributed by atoms with Crippen molar-refractivity contribution < 1.29 is 0 Å². The first-order valence-electron chi connectivity index (χ1n) is 3.55. The first-order valence-corrected chi connectivity index (χ1v) is 3.55. The number of rotatable bonds is 1. The van der Waals surface area contributed by atoms with Gasteiger partial charge in [-0.15, -0.1) is 0 Å². The van der Waals surface area contributed by atoms with Crippen molar-refractivity contribution in [3.05, 3.63) is 36.2 Å². The van der Waals surface area contributed by atoms with Gasteiger partial charge < -0.3 is 5.73 Å². The Morgan fingerprint density at radius 1 is 1.30 bits per heavy atom. The molecule has 51 valence electrons. The highest BCUT2D eigenvalue weighted by atomic mass is 14.6. The lowest BCUT2D eigenvalue weighted by Gasteiger charge is -2.00. The van der Waals surface area contributed by atoms with Crippen LogP contribution in [0.4, 0.5) is 5.69 Å². The number of para-hydroxylation sites is 1. The van der Waals surface area contributed by atoms with Crippen molar-refractivity contribution in [2.24, 2.45) is 0 Å². The van der Waals surface area contributed by atoms with Gasteiger partial charge in [0.15, 0.2) is 0 Å². The fourth-order valence-corrected chi connectivity index (χ4v) is 1.17. The topological polar surface area (TPSA) is 26.0 Å². The molecule has 0 aromatic heterocycles. The molecule has 0 bridgehead atoms. The van der Waals surface area contributed by atoms with Gasteiger partial charge >= 0.3 is 0 Å². The van der Waals surface area contributed by atoms with Gasteiger partial charge in [-0.3, -0.25) is 0 Å². The molecule has 0 spiro atoms. The second kappa shape index (κ2) is 2.01. The monoisotopic (exact) mass is 132 g/mol. The molecular formula is C9H10N. The molecule has 1 heteroatoms.